The highest BCUT2D eigenvalue weighted by Gasteiger charge is 2.30. The Balaban J connectivity index is 2.29. The van der Waals surface area contributed by atoms with Crippen molar-refractivity contribution in [2.75, 3.05) is 31.8 Å². The maximum Gasteiger partial charge on any atom is 0.0471 e. The lowest BCUT2D eigenvalue weighted by Crippen LogP contribution is -2.36. The van der Waals surface area contributed by atoms with Crippen LogP contribution in [-0.2, 0) is 4.74 Å². The fourth-order valence-electron chi connectivity index (χ4n) is 1.95. The predicted octanol–water partition coefficient (Wildman–Crippen LogP) is 1.89. The topological polar surface area (TPSA) is 35.2 Å². The predicted molar refractivity (Wildman–Crippen MR) is 59.2 cm³/mol. The summed E-state index contributed by atoms with van der Waals surface area (Å²) in [5.74, 6) is 1.27. The Kier molecular flexibility index (Phi) is 5.14. The second kappa shape index (κ2) is 5.89. The van der Waals surface area contributed by atoms with Gasteiger partial charge in [0, 0.05) is 13.2 Å². The van der Waals surface area contributed by atoms with Gasteiger partial charge >= 0.3 is 0 Å². The van der Waals surface area contributed by atoms with E-state index in [2.05, 4.69) is 6.26 Å². The van der Waals surface area contributed by atoms with Gasteiger partial charge in [-0.25, -0.2) is 0 Å². The monoisotopic (exact) mass is 203 g/mol. The molecule has 3 heteroatoms. The van der Waals surface area contributed by atoms with Gasteiger partial charge in [-0.3, -0.25) is 0 Å². The maximum atomic E-state index is 5.86. The number of thioether (sulfide) groups is 1. The standard InChI is InChI=1S/C10H21NOS/c1-13-8-2-3-10(9-11)4-6-12-7-5-10/h2-9,11H2,1H3. The van der Waals surface area contributed by atoms with Gasteiger partial charge in [-0.05, 0) is 49.7 Å². The third-order valence-corrected chi connectivity index (χ3v) is 3.74. The van der Waals surface area contributed by atoms with Gasteiger partial charge in [-0.2, -0.15) is 11.8 Å². The van der Waals surface area contributed by atoms with Crippen LogP contribution in [-0.4, -0.2) is 31.8 Å². The van der Waals surface area contributed by atoms with Crippen LogP contribution in [0, 0.1) is 5.41 Å². The van der Waals surface area contributed by atoms with Crippen molar-refractivity contribution in [1.29, 1.82) is 0 Å². The molecule has 0 bridgehead atoms. The van der Waals surface area contributed by atoms with Gasteiger partial charge in [0.25, 0.3) is 0 Å². The minimum Gasteiger partial charge on any atom is -0.381 e. The lowest BCUT2D eigenvalue weighted by Gasteiger charge is -2.36. The van der Waals surface area contributed by atoms with Crippen molar-refractivity contribution in [3.05, 3.63) is 0 Å². The van der Waals surface area contributed by atoms with Gasteiger partial charge in [0.2, 0.25) is 0 Å². The van der Waals surface area contributed by atoms with Crippen LogP contribution in [0.3, 0.4) is 0 Å². The smallest absolute Gasteiger partial charge is 0.0471 e. The van der Waals surface area contributed by atoms with Crippen molar-refractivity contribution in [3.8, 4) is 0 Å². The molecule has 0 aromatic carbocycles. The minimum absolute atomic E-state index is 0.411. The SMILES string of the molecule is CSCCCC1(CN)CCOCC1. The summed E-state index contributed by atoms with van der Waals surface area (Å²) in [5.41, 5.74) is 6.27. The van der Waals surface area contributed by atoms with Crippen molar-refractivity contribution in [2.24, 2.45) is 11.1 Å². The van der Waals surface area contributed by atoms with Crippen LogP contribution in [0.2, 0.25) is 0 Å². The molecule has 1 aliphatic rings. The van der Waals surface area contributed by atoms with Crippen molar-refractivity contribution in [3.63, 3.8) is 0 Å². The first-order valence-electron chi connectivity index (χ1n) is 5.10. The lowest BCUT2D eigenvalue weighted by atomic mass is 9.77. The van der Waals surface area contributed by atoms with Crippen molar-refractivity contribution in [1.82, 2.24) is 0 Å². The van der Waals surface area contributed by atoms with Crippen LogP contribution in [0.5, 0.6) is 0 Å². The first-order chi connectivity index (χ1) is 6.33. The largest absolute Gasteiger partial charge is 0.381 e. The van der Waals surface area contributed by atoms with Crippen LogP contribution in [0.4, 0.5) is 0 Å². The summed E-state index contributed by atoms with van der Waals surface area (Å²) in [6.45, 7) is 2.66. The molecule has 0 radical (unpaired) electrons. The minimum atomic E-state index is 0.411. The van der Waals surface area contributed by atoms with Gasteiger partial charge in [0.1, 0.15) is 0 Å². The molecule has 0 aliphatic carbocycles. The van der Waals surface area contributed by atoms with E-state index >= 15 is 0 Å². The van der Waals surface area contributed by atoms with E-state index in [-0.39, 0.29) is 0 Å². The molecule has 2 nitrogen and oxygen atoms in total. The molecule has 0 aromatic heterocycles. The summed E-state index contributed by atoms with van der Waals surface area (Å²) >= 11 is 1.93. The third-order valence-electron chi connectivity index (χ3n) is 3.04. The molecule has 0 unspecified atom stereocenters. The highest BCUT2D eigenvalue weighted by Crippen LogP contribution is 2.34. The Bertz CT molecular complexity index is 135. The molecule has 78 valence electrons. The molecular formula is C10H21NOS. The van der Waals surface area contributed by atoms with Gasteiger partial charge in [-0.1, -0.05) is 0 Å². The molecule has 1 rings (SSSR count). The van der Waals surface area contributed by atoms with E-state index < -0.39 is 0 Å². The number of nitrogens with two attached hydrogens (primary N) is 1. The third kappa shape index (κ3) is 3.49. The van der Waals surface area contributed by atoms with Crippen LogP contribution in [0.25, 0.3) is 0 Å². The lowest BCUT2D eigenvalue weighted by molar-refractivity contribution is 0.0145. The molecule has 0 atom stereocenters. The van der Waals surface area contributed by atoms with Crippen LogP contribution >= 0.6 is 11.8 Å². The van der Waals surface area contributed by atoms with E-state index in [4.69, 9.17) is 10.5 Å². The fourth-order valence-corrected chi connectivity index (χ4v) is 2.39. The van der Waals surface area contributed by atoms with Crippen LogP contribution in [0.15, 0.2) is 0 Å². The highest BCUT2D eigenvalue weighted by molar-refractivity contribution is 7.98. The quantitative estimate of drug-likeness (QED) is 0.693. The summed E-state index contributed by atoms with van der Waals surface area (Å²) in [4.78, 5) is 0. The first kappa shape index (κ1) is 11.3. The molecular weight excluding hydrogens is 182 g/mol. The van der Waals surface area contributed by atoms with Gasteiger partial charge in [0.15, 0.2) is 0 Å². The van der Waals surface area contributed by atoms with Gasteiger partial charge < -0.3 is 10.5 Å². The second-order valence-corrected chi connectivity index (χ2v) is 4.90. The fraction of sp³-hybridized carbons (Fsp3) is 1.00. The molecule has 0 spiro atoms. The van der Waals surface area contributed by atoms with E-state index in [1.54, 1.807) is 0 Å². The normalized spacial score (nSPS) is 21.7. The van der Waals surface area contributed by atoms with Crippen LogP contribution < -0.4 is 5.73 Å². The summed E-state index contributed by atoms with van der Waals surface area (Å²) < 4.78 is 5.37. The zero-order valence-corrected chi connectivity index (χ0v) is 9.37. The molecule has 1 fully saturated rings. The van der Waals surface area contributed by atoms with E-state index in [0.717, 1.165) is 32.6 Å². The van der Waals surface area contributed by atoms with Crippen molar-refractivity contribution in [2.45, 2.75) is 25.7 Å². The molecule has 0 saturated carbocycles. The molecule has 1 saturated heterocycles. The number of hydrogen-bond acceptors (Lipinski definition) is 3. The van der Waals surface area contributed by atoms with E-state index in [1.807, 2.05) is 11.8 Å². The summed E-state index contributed by atoms with van der Waals surface area (Å²) in [5, 5.41) is 0. The van der Waals surface area contributed by atoms with Crippen molar-refractivity contribution < 1.29 is 4.74 Å². The first-order valence-corrected chi connectivity index (χ1v) is 6.49. The van der Waals surface area contributed by atoms with Crippen molar-refractivity contribution >= 4 is 11.8 Å². The molecule has 0 aromatic rings. The Morgan fingerprint density at radius 1 is 1.38 bits per heavy atom. The van der Waals surface area contributed by atoms with E-state index in [0.29, 0.717) is 5.41 Å². The molecule has 1 heterocycles. The Morgan fingerprint density at radius 2 is 2.08 bits per heavy atom. The molecule has 0 amide bonds. The molecule has 13 heavy (non-hydrogen) atoms. The summed E-state index contributed by atoms with van der Waals surface area (Å²) in [7, 11) is 0. The Morgan fingerprint density at radius 3 is 2.62 bits per heavy atom. The van der Waals surface area contributed by atoms with Gasteiger partial charge in [0.05, 0.1) is 0 Å². The molecule has 2 N–H and O–H groups in total. The number of rotatable bonds is 5. The van der Waals surface area contributed by atoms with Crippen LogP contribution in [0.1, 0.15) is 25.7 Å². The zero-order chi connectivity index (χ0) is 9.57. The number of ether oxygens (including phenoxy) is 1. The Labute approximate surface area is 85.6 Å². The summed E-state index contributed by atoms with van der Waals surface area (Å²) in [6.07, 6.45) is 7.08. The number of hydrogen-bond donors (Lipinski definition) is 1. The van der Waals surface area contributed by atoms with E-state index in [1.165, 1.54) is 18.6 Å². The Hall–Kier alpha value is 0.270. The second-order valence-electron chi connectivity index (χ2n) is 3.91. The van der Waals surface area contributed by atoms with E-state index in [9.17, 15) is 0 Å². The average Bonchev–Trinajstić information content (AvgIpc) is 2.20. The zero-order valence-electron chi connectivity index (χ0n) is 8.55. The van der Waals surface area contributed by atoms with Gasteiger partial charge in [-0.15, -0.1) is 0 Å². The summed E-state index contributed by atoms with van der Waals surface area (Å²) in [6, 6.07) is 0. The average molecular weight is 203 g/mol. The highest BCUT2D eigenvalue weighted by atomic mass is 32.2. The molecule has 1 aliphatic heterocycles. The maximum absolute atomic E-state index is 5.86.